The van der Waals surface area contributed by atoms with Crippen molar-refractivity contribution >= 4 is 11.3 Å². The first-order valence-corrected chi connectivity index (χ1v) is 7.65. The highest BCUT2D eigenvalue weighted by atomic mass is 32.1. The van der Waals surface area contributed by atoms with Crippen molar-refractivity contribution < 1.29 is 0 Å². The molecule has 1 N–H and O–H groups in total. The van der Waals surface area contributed by atoms with E-state index in [0.29, 0.717) is 6.04 Å². The molecule has 1 aliphatic rings. The molecule has 3 nitrogen and oxygen atoms in total. The molecule has 0 amide bonds. The average Bonchev–Trinajstić information content (AvgIpc) is 2.69. The van der Waals surface area contributed by atoms with E-state index >= 15 is 0 Å². The Bertz CT molecular complexity index is 364. The van der Waals surface area contributed by atoms with Gasteiger partial charge in [0.05, 0.1) is 0 Å². The van der Waals surface area contributed by atoms with Gasteiger partial charge in [-0.05, 0) is 46.1 Å². The summed E-state index contributed by atoms with van der Waals surface area (Å²) in [6.45, 7) is 8.10. The van der Waals surface area contributed by atoms with Crippen molar-refractivity contribution in [3.05, 3.63) is 21.9 Å². The predicted octanol–water partition coefficient (Wildman–Crippen LogP) is 1.99. The van der Waals surface area contributed by atoms with Crippen LogP contribution < -0.4 is 5.32 Å². The SMILES string of the molecule is CNCc1ccc(CN2CCCN(C)CC2C)s1. The molecule has 0 aliphatic carbocycles. The third-order valence-electron chi connectivity index (χ3n) is 3.61. The van der Waals surface area contributed by atoms with Gasteiger partial charge in [0.1, 0.15) is 0 Å². The summed E-state index contributed by atoms with van der Waals surface area (Å²) >= 11 is 1.94. The zero-order valence-corrected chi connectivity index (χ0v) is 12.6. The van der Waals surface area contributed by atoms with Crippen LogP contribution in [0.3, 0.4) is 0 Å². The maximum atomic E-state index is 3.22. The zero-order valence-electron chi connectivity index (χ0n) is 11.8. The molecule has 1 fully saturated rings. The lowest BCUT2D eigenvalue weighted by Gasteiger charge is -2.27. The fourth-order valence-electron chi connectivity index (χ4n) is 2.63. The summed E-state index contributed by atoms with van der Waals surface area (Å²) in [5, 5.41) is 3.22. The molecule has 18 heavy (non-hydrogen) atoms. The lowest BCUT2D eigenvalue weighted by Crippen LogP contribution is -2.37. The van der Waals surface area contributed by atoms with Crippen molar-refractivity contribution in [2.75, 3.05) is 33.7 Å². The van der Waals surface area contributed by atoms with Crippen molar-refractivity contribution in [2.24, 2.45) is 0 Å². The van der Waals surface area contributed by atoms with Crippen LogP contribution in [0, 0.1) is 0 Å². The number of hydrogen-bond acceptors (Lipinski definition) is 4. The molecule has 102 valence electrons. The standard InChI is InChI=1S/C14H25N3S/c1-12-10-16(3)7-4-8-17(12)11-14-6-5-13(18-14)9-15-2/h5-6,12,15H,4,7-11H2,1-3H3. The third kappa shape index (κ3) is 3.79. The molecule has 1 aromatic heterocycles. The number of thiophene rings is 1. The van der Waals surface area contributed by atoms with Gasteiger partial charge in [-0.2, -0.15) is 0 Å². The molecule has 0 bridgehead atoms. The van der Waals surface area contributed by atoms with Crippen LogP contribution in [-0.2, 0) is 13.1 Å². The lowest BCUT2D eigenvalue weighted by molar-refractivity contribution is 0.196. The molecular weight excluding hydrogens is 242 g/mol. The van der Waals surface area contributed by atoms with Gasteiger partial charge in [-0.3, -0.25) is 4.90 Å². The van der Waals surface area contributed by atoms with Crippen LogP contribution in [0.25, 0.3) is 0 Å². The van der Waals surface area contributed by atoms with E-state index in [0.717, 1.165) is 13.1 Å². The van der Waals surface area contributed by atoms with E-state index in [1.54, 1.807) is 0 Å². The lowest BCUT2D eigenvalue weighted by atomic mass is 10.2. The molecule has 0 saturated carbocycles. The van der Waals surface area contributed by atoms with Gasteiger partial charge < -0.3 is 10.2 Å². The Morgan fingerprint density at radius 3 is 2.89 bits per heavy atom. The maximum Gasteiger partial charge on any atom is 0.0331 e. The van der Waals surface area contributed by atoms with Gasteiger partial charge >= 0.3 is 0 Å². The Hall–Kier alpha value is -0.420. The summed E-state index contributed by atoms with van der Waals surface area (Å²) in [4.78, 5) is 8.01. The highest BCUT2D eigenvalue weighted by Gasteiger charge is 2.19. The molecule has 1 aromatic rings. The van der Waals surface area contributed by atoms with Gasteiger partial charge in [0.15, 0.2) is 0 Å². The van der Waals surface area contributed by atoms with E-state index in [-0.39, 0.29) is 0 Å². The highest BCUT2D eigenvalue weighted by molar-refractivity contribution is 7.11. The van der Waals surface area contributed by atoms with E-state index in [4.69, 9.17) is 0 Å². The van der Waals surface area contributed by atoms with Gasteiger partial charge in [0, 0.05) is 42.0 Å². The first-order chi connectivity index (χ1) is 8.69. The molecule has 1 saturated heterocycles. The van der Waals surface area contributed by atoms with E-state index < -0.39 is 0 Å². The average molecular weight is 267 g/mol. The van der Waals surface area contributed by atoms with Gasteiger partial charge in [0.2, 0.25) is 0 Å². The van der Waals surface area contributed by atoms with Crippen molar-refractivity contribution in [2.45, 2.75) is 32.5 Å². The summed E-state index contributed by atoms with van der Waals surface area (Å²) in [5.41, 5.74) is 0. The summed E-state index contributed by atoms with van der Waals surface area (Å²) < 4.78 is 0. The monoisotopic (exact) mass is 267 g/mol. The van der Waals surface area contributed by atoms with Crippen LogP contribution in [0.15, 0.2) is 12.1 Å². The Balaban J connectivity index is 1.94. The fraction of sp³-hybridized carbons (Fsp3) is 0.714. The van der Waals surface area contributed by atoms with Crippen molar-refractivity contribution in [3.63, 3.8) is 0 Å². The molecular formula is C14H25N3S. The first-order valence-electron chi connectivity index (χ1n) is 6.84. The van der Waals surface area contributed by atoms with E-state index in [1.807, 2.05) is 18.4 Å². The molecule has 1 aliphatic heterocycles. The largest absolute Gasteiger partial charge is 0.315 e. The third-order valence-corrected chi connectivity index (χ3v) is 4.68. The van der Waals surface area contributed by atoms with Crippen LogP contribution in [0.4, 0.5) is 0 Å². The van der Waals surface area contributed by atoms with Gasteiger partial charge in [-0.15, -0.1) is 11.3 Å². The van der Waals surface area contributed by atoms with Crippen LogP contribution in [0.5, 0.6) is 0 Å². The minimum atomic E-state index is 0.660. The summed E-state index contributed by atoms with van der Waals surface area (Å²) in [7, 11) is 4.24. The maximum absolute atomic E-state index is 3.22. The smallest absolute Gasteiger partial charge is 0.0331 e. The summed E-state index contributed by atoms with van der Waals surface area (Å²) in [6, 6.07) is 5.20. The number of hydrogen-bond donors (Lipinski definition) is 1. The van der Waals surface area contributed by atoms with E-state index in [9.17, 15) is 0 Å². The summed E-state index contributed by atoms with van der Waals surface area (Å²) in [5.74, 6) is 0. The quantitative estimate of drug-likeness (QED) is 0.900. The van der Waals surface area contributed by atoms with Gasteiger partial charge in [-0.1, -0.05) is 0 Å². The van der Waals surface area contributed by atoms with Crippen molar-refractivity contribution in [1.82, 2.24) is 15.1 Å². The highest BCUT2D eigenvalue weighted by Crippen LogP contribution is 2.20. The summed E-state index contributed by atoms with van der Waals surface area (Å²) in [6.07, 6.45) is 1.29. The minimum Gasteiger partial charge on any atom is -0.315 e. The Morgan fingerprint density at radius 2 is 2.11 bits per heavy atom. The number of likely N-dealkylation sites (N-methyl/N-ethyl adjacent to an activating group) is 1. The zero-order chi connectivity index (χ0) is 13.0. The first kappa shape index (κ1) is 14.0. The number of nitrogens with one attached hydrogen (secondary N) is 1. The predicted molar refractivity (Wildman–Crippen MR) is 79.1 cm³/mol. The van der Waals surface area contributed by atoms with Crippen molar-refractivity contribution in [1.29, 1.82) is 0 Å². The van der Waals surface area contributed by atoms with Crippen LogP contribution in [-0.4, -0.2) is 49.6 Å². The minimum absolute atomic E-state index is 0.660. The van der Waals surface area contributed by atoms with E-state index in [2.05, 4.69) is 41.2 Å². The molecule has 0 spiro atoms. The van der Waals surface area contributed by atoms with Gasteiger partial charge in [0.25, 0.3) is 0 Å². The normalized spacial score (nSPS) is 23.2. The Labute approximate surface area is 115 Å². The Kier molecular flexibility index (Phi) is 5.18. The van der Waals surface area contributed by atoms with Crippen molar-refractivity contribution in [3.8, 4) is 0 Å². The number of rotatable bonds is 4. The van der Waals surface area contributed by atoms with Gasteiger partial charge in [-0.25, -0.2) is 0 Å². The molecule has 2 heterocycles. The molecule has 1 atom stereocenters. The molecule has 4 heteroatoms. The molecule has 2 rings (SSSR count). The molecule has 1 unspecified atom stereocenters. The second-order valence-electron chi connectivity index (χ2n) is 5.33. The Morgan fingerprint density at radius 1 is 1.33 bits per heavy atom. The second-order valence-corrected chi connectivity index (χ2v) is 6.59. The topological polar surface area (TPSA) is 18.5 Å². The fourth-order valence-corrected chi connectivity index (χ4v) is 3.69. The molecule has 0 radical (unpaired) electrons. The second kappa shape index (κ2) is 6.66. The van der Waals surface area contributed by atoms with Crippen LogP contribution in [0.2, 0.25) is 0 Å². The van der Waals surface area contributed by atoms with Crippen LogP contribution in [0.1, 0.15) is 23.1 Å². The van der Waals surface area contributed by atoms with E-state index in [1.165, 1.54) is 35.8 Å². The van der Waals surface area contributed by atoms with Crippen LogP contribution >= 0.6 is 11.3 Å². The molecule has 0 aromatic carbocycles. The number of nitrogens with zero attached hydrogens (tertiary/aromatic N) is 2.